The number of alkyl carbamates (subject to hydrolysis) is 1. The normalized spacial score (nSPS) is 13.2. The van der Waals surface area contributed by atoms with E-state index in [4.69, 9.17) is 4.74 Å². The summed E-state index contributed by atoms with van der Waals surface area (Å²) in [7, 11) is 0. The number of aryl methyl sites for hydroxylation is 1. The van der Waals surface area contributed by atoms with Gasteiger partial charge < -0.3 is 15.2 Å². The Morgan fingerprint density at radius 1 is 0.938 bits per heavy atom. The smallest absolute Gasteiger partial charge is 0.407 e. The van der Waals surface area contributed by atoms with Gasteiger partial charge >= 0.3 is 12.1 Å². The largest absolute Gasteiger partial charge is 0.480 e. The second-order valence-electron chi connectivity index (χ2n) is 7.88. The molecule has 4 rings (SSSR count). The zero-order chi connectivity index (χ0) is 22.5. The summed E-state index contributed by atoms with van der Waals surface area (Å²) in [6.07, 6.45) is 1.00. The number of aliphatic carboxylic acids is 1. The van der Waals surface area contributed by atoms with Gasteiger partial charge in [0, 0.05) is 10.4 Å². The fourth-order valence-corrected chi connectivity index (χ4v) is 4.47. The highest BCUT2D eigenvalue weighted by atomic mass is 79.9. The van der Waals surface area contributed by atoms with E-state index in [1.54, 1.807) is 0 Å². The molecule has 1 aliphatic rings. The second-order valence-corrected chi connectivity index (χ2v) is 8.80. The number of rotatable bonds is 8. The van der Waals surface area contributed by atoms with Crippen molar-refractivity contribution in [2.75, 3.05) is 6.61 Å². The lowest BCUT2D eigenvalue weighted by Gasteiger charge is -2.17. The van der Waals surface area contributed by atoms with Gasteiger partial charge in [0.1, 0.15) is 12.6 Å². The zero-order valence-electron chi connectivity index (χ0n) is 17.5. The summed E-state index contributed by atoms with van der Waals surface area (Å²) in [5.41, 5.74) is 5.65. The number of fused-ring (bicyclic) bond motifs is 3. The van der Waals surface area contributed by atoms with Gasteiger partial charge in [0.15, 0.2) is 0 Å². The number of ether oxygens (including phenoxy) is 1. The average Bonchev–Trinajstić information content (AvgIpc) is 3.12. The quantitative estimate of drug-likeness (QED) is 0.417. The molecule has 0 saturated carbocycles. The number of amides is 1. The Kier molecular flexibility index (Phi) is 6.90. The van der Waals surface area contributed by atoms with Crippen molar-refractivity contribution in [3.8, 4) is 11.1 Å². The number of halogens is 1. The van der Waals surface area contributed by atoms with E-state index in [9.17, 15) is 14.7 Å². The van der Waals surface area contributed by atoms with Gasteiger partial charge in [0.25, 0.3) is 0 Å². The summed E-state index contributed by atoms with van der Waals surface area (Å²) in [5, 5.41) is 12.0. The Hall–Kier alpha value is -3.12. The number of carboxylic acids is 1. The Morgan fingerprint density at radius 2 is 1.53 bits per heavy atom. The van der Waals surface area contributed by atoms with Gasteiger partial charge in [-0.3, -0.25) is 0 Å². The number of carbonyl (C=O) groups is 2. The van der Waals surface area contributed by atoms with Crippen molar-refractivity contribution in [1.82, 2.24) is 5.32 Å². The van der Waals surface area contributed by atoms with Crippen molar-refractivity contribution >= 4 is 28.0 Å². The van der Waals surface area contributed by atoms with E-state index in [-0.39, 0.29) is 12.5 Å². The van der Waals surface area contributed by atoms with Crippen LogP contribution in [0.4, 0.5) is 4.79 Å². The molecule has 1 aliphatic carbocycles. The van der Waals surface area contributed by atoms with Gasteiger partial charge in [0.2, 0.25) is 0 Å². The van der Waals surface area contributed by atoms with E-state index in [2.05, 4.69) is 33.4 Å². The standard InChI is InChI=1S/C26H24BrNO4/c27-18-14-12-17(13-15-18)6-5-11-24(25(29)30)28-26(31)32-16-23-21-9-3-1-7-19(21)20-8-2-4-10-22(20)23/h1-4,7-10,12-15,23-24H,5-6,11,16H2,(H,28,31)(H,29,30)/t24-/m0/s1. The lowest BCUT2D eigenvalue weighted by molar-refractivity contribution is -0.139. The first-order chi connectivity index (χ1) is 15.5. The fraction of sp³-hybridized carbons (Fsp3) is 0.231. The van der Waals surface area contributed by atoms with Gasteiger partial charge in [-0.25, -0.2) is 9.59 Å². The van der Waals surface area contributed by atoms with Crippen molar-refractivity contribution in [2.45, 2.75) is 31.2 Å². The van der Waals surface area contributed by atoms with Crippen LogP contribution in [-0.4, -0.2) is 29.8 Å². The lowest BCUT2D eigenvalue weighted by Crippen LogP contribution is -2.41. The van der Waals surface area contributed by atoms with Gasteiger partial charge in [-0.1, -0.05) is 76.6 Å². The van der Waals surface area contributed by atoms with Crippen LogP contribution in [-0.2, 0) is 16.0 Å². The molecule has 6 heteroatoms. The van der Waals surface area contributed by atoms with Crippen molar-refractivity contribution in [3.63, 3.8) is 0 Å². The van der Waals surface area contributed by atoms with Crippen LogP contribution in [0.25, 0.3) is 11.1 Å². The Labute approximate surface area is 195 Å². The molecule has 0 fully saturated rings. The highest BCUT2D eigenvalue weighted by molar-refractivity contribution is 9.10. The molecule has 0 aliphatic heterocycles. The summed E-state index contributed by atoms with van der Waals surface area (Å²) < 4.78 is 6.48. The monoisotopic (exact) mass is 493 g/mol. The number of hydrogen-bond donors (Lipinski definition) is 2. The van der Waals surface area contributed by atoms with Crippen LogP contribution in [0.3, 0.4) is 0 Å². The molecule has 0 spiro atoms. The molecular weight excluding hydrogens is 470 g/mol. The molecule has 0 aromatic heterocycles. The Bertz CT molecular complexity index is 1070. The molecule has 3 aromatic rings. The predicted octanol–water partition coefficient (Wildman–Crippen LogP) is 5.76. The molecule has 0 radical (unpaired) electrons. The minimum absolute atomic E-state index is 0.0613. The third-order valence-corrected chi connectivity index (χ3v) is 6.33. The minimum atomic E-state index is -1.06. The molecule has 164 valence electrons. The van der Waals surface area contributed by atoms with Crippen molar-refractivity contribution in [3.05, 3.63) is 94.0 Å². The molecule has 2 N–H and O–H groups in total. The van der Waals surface area contributed by atoms with Gasteiger partial charge in [-0.05, 0) is 59.2 Å². The van der Waals surface area contributed by atoms with Crippen LogP contribution >= 0.6 is 15.9 Å². The number of nitrogens with one attached hydrogen (secondary N) is 1. The maximum absolute atomic E-state index is 12.4. The van der Waals surface area contributed by atoms with E-state index < -0.39 is 18.1 Å². The maximum atomic E-state index is 12.4. The maximum Gasteiger partial charge on any atom is 0.407 e. The van der Waals surface area contributed by atoms with E-state index in [1.165, 1.54) is 0 Å². The molecule has 0 unspecified atom stereocenters. The SMILES string of the molecule is O=C(N[C@@H](CCCc1ccc(Br)cc1)C(=O)O)OCC1c2ccccc2-c2ccccc21. The molecule has 3 aromatic carbocycles. The lowest BCUT2D eigenvalue weighted by atomic mass is 9.98. The van der Waals surface area contributed by atoms with Crippen LogP contribution in [0.5, 0.6) is 0 Å². The van der Waals surface area contributed by atoms with Gasteiger partial charge in [0.05, 0.1) is 0 Å². The van der Waals surface area contributed by atoms with Crippen LogP contribution in [0, 0.1) is 0 Å². The molecule has 1 atom stereocenters. The Balaban J connectivity index is 1.33. The summed E-state index contributed by atoms with van der Waals surface area (Å²) in [6.45, 7) is 0.158. The third kappa shape index (κ3) is 5.02. The summed E-state index contributed by atoms with van der Waals surface area (Å²) in [4.78, 5) is 24.0. The summed E-state index contributed by atoms with van der Waals surface area (Å²) >= 11 is 3.40. The summed E-state index contributed by atoms with van der Waals surface area (Å²) in [6, 6.07) is 23.1. The number of carbonyl (C=O) groups excluding carboxylic acids is 1. The average molecular weight is 494 g/mol. The van der Waals surface area contributed by atoms with E-state index >= 15 is 0 Å². The van der Waals surface area contributed by atoms with Gasteiger partial charge in [-0.15, -0.1) is 0 Å². The molecule has 0 bridgehead atoms. The minimum Gasteiger partial charge on any atom is -0.480 e. The number of benzene rings is 3. The highest BCUT2D eigenvalue weighted by Gasteiger charge is 2.29. The van der Waals surface area contributed by atoms with Crippen LogP contribution < -0.4 is 5.32 Å². The van der Waals surface area contributed by atoms with E-state index in [0.29, 0.717) is 12.8 Å². The van der Waals surface area contributed by atoms with Crippen LogP contribution in [0.2, 0.25) is 0 Å². The number of hydrogen-bond acceptors (Lipinski definition) is 3. The van der Waals surface area contributed by atoms with Gasteiger partial charge in [-0.2, -0.15) is 0 Å². The molecule has 32 heavy (non-hydrogen) atoms. The van der Waals surface area contributed by atoms with Crippen molar-refractivity contribution < 1.29 is 19.4 Å². The third-order valence-electron chi connectivity index (χ3n) is 5.81. The van der Waals surface area contributed by atoms with Crippen LogP contribution in [0.15, 0.2) is 77.3 Å². The molecule has 1 amide bonds. The number of carboxylic acid groups (broad SMARTS) is 1. The summed E-state index contributed by atoms with van der Waals surface area (Å²) in [5.74, 6) is -1.12. The first-order valence-corrected chi connectivity index (χ1v) is 11.4. The van der Waals surface area contributed by atoms with Crippen molar-refractivity contribution in [2.24, 2.45) is 0 Å². The molecular formula is C26H24BrNO4. The van der Waals surface area contributed by atoms with Crippen molar-refractivity contribution in [1.29, 1.82) is 0 Å². The highest BCUT2D eigenvalue weighted by Crippen LogP contribution is 2.44. The topological polar surface area (TPSA) is 75.6 Å². The molecule has 0 saturated heterocycles. The first-order valence-electron chi connectivity index (χ1n) is 10.6. The fourth-order valence-electron chi connectivity index (χ4n) is 4.20. The zero-order valence-corrected chi connectivity index (χ0v) is 19.0. The molecule has 5 nitrogen and oxygen atoms in total. The first kappa shape index (κ1) is 22.1. The van der Waals surface area contributed by atoms with E-state index in [0.717, 1.165) is 38.7 Å². The van der Waals surface area contributed by atoms with Crippen LogP contribution in [0.1, 0.15) is 35.4 Å². The molecule has 0 heterocycles. The second kappa shape index (κ2) is 10.0. The predicted molar refractivity (Wildman–Crippen MR) is 127 cm³/mol. The van der Waals surface area contributed by atoms with E-state index in [1.807, 2.05) is 60.7 Å². The Morgan fingerprint density at radius 3 is 2.12 bits per heavy atom.